The average Bonchev–Trinajstić information content (AvgIpc) is 3.41. The number of ether oxygens (including phenoxy) is 1. The molecule has 2 aromatic heterocycles. The lowest BCUT2D eigenvalue weighted by Gasteiger charge is -2.25. The summed E-state index contributed by atoms with van der Waals surface area (Å²) in [5.74, 6) is -1.61. The van der Waals surface area contributed by atoms with Gasteiger partial charge in [-0.2, -0.15) is 0 Å². The van der Waals surface area contributed by atoms with Crippen LogP contribution in [0.4, 0.5) is 5.69 Å². The first-order valence-corrected chi connectivity index (χ1v) is 14.6. The lowest BCUT2D eigenvalue weighted by atomic mass is 9.86. The summed E-state index contributed by atoms with van der Waals surface area (Å²) < 4.78 is 5.47. The predicted octanol–water partition coefficient (Wildman–Crippen LogP) is 7.51. The number of thiophene rings is 1. The van der Waals surface area contributed by atoms with Gasteiger partial charge in [0.15, 0.2) is 0 Å². The highest BCUT2D eigenvalue weighted by atomic mass is 32.1. The highest BCUT2D eigenvalue weighted by Crippen LogP contribution is 2.46. The molecule has 7 heteroatoms. The molecule has 0 unspecified atom stereocenters. The topological polar surface area (TPSA) is 76.6 Å². The molecule has 2 amide bonds. The number of esters is 1. The van der Waals surface area contributed by atoms with Crippen molar-refractivity contribution in [3.05, 3.63) is 118 Å². The Hall–Kier alpha value is -4.62. The zero-order valence-electron chi connectivity index (χ0n) is 22.6. The minimum Gasteiger partial charge on any atom is -0.462 e. The van der Waals surface area contributed by atoms with Crippen molar-refractivity contribution in [2.75, 3.05) is 11.5 Å². The molecule has 0 bridgehead atoms. The van der Waals surface area contributed by atoms with Gasteiger partial charge in [-0.3, -0.25) is 9.59 Å². The second kappa shape index (κ2) is 11.5. The summed E-state index contributed by atoms with van der Waals surface area (Å²) in [4.78, 5) is 49.0. The number of benzene rings is 3. The number of carbonyl (C=O) groups excluding carboxylic acids is 3. The van der Waals surface area contributed by atoms with Crippen LogP contribution >= 0.6 is 11.3 Å². The third-order valence-corrected chi connectivity index (χ3v) is 8.37. The third kappa shape index (κ3) is 4.93. The van der Waals surface area contributed by atoms with Crippen LogP contribution in [0.25, 0.3) is 21.5 Å². The van der Waals surface area contributed by atoms with E-state index in [9.17, 15) is 14.4 Å². The van der Waals surface area contributed by atoms with Crippen molar-refractivity contribution in [1.82, 2.24) is 4.98 Å². The van der Waals surface area contributed by atoms with E-state index in [-0.39, 0.29) is 17.2 Å². The molecule has 0 saturated carbocycles. The Morgan fingerprint density at radius 2 is 1.32 bits per heavy atom. The molecular weight excluding hydrogens is 532 g/mol. The van der Waals surface area contributed by atoms with E-state index in [0.29, 0.717) is 21.3 Å². The van der Waals surface area contributed by atoms with Crippen LogP contribution in [0.3, 0.4) is 0 Å². The molecule has 6 rings (SSSR count). The molecule has 0 atom stereocenters. The standard InChI is InChI=1S/C34H28N2O4S/c1-2-40-34(39)30-29(36(32(37)23-16-8-4-9-17-23)33(38)24-18-10-5-11-19-24)27-25-20-12-13-21-26(25)28(35-31(27)41-30)22-14-6-3-7-15-22/h3-11,14-19H,2,12-13,20-21H2,1H3. The van der Waals surface area contributed by atoms with Crippen LogP contribution in [0.1, 0.15) is 61.3 Å². The van der Waals surface area contributed by atoms with Crippen LogP contribution in [0.5, 0.6) is 0 Å². The van der Waals surface area contributed by atoms with Gasteiger partial charge in [0.2, 0.25) is 0 Å². The number of aryl methyl sites for hydroxylation is 1. The number of carbonyl (C=O) groups is 3. The SMILES string of the molecule is CCOC(=O)c1sc2nc(-c3ccccc3)c3c(c2c1N(C(=O)c1ccccc1)C(=O)c1ccccc1)CCCC3. The Morgan fingerprint density at radius 3 is 1.88 bits per heavy atom. The normalized spacial score (nSPS) is 12.5. The number of amides is 2. The van der Waals surface area contributed by atoms with Crippen molar-refractivity contribution < 1.29 is 19.1 Å². The first-order chi connectivity index (χ1) is 20.1. The van der Waals surface area contributed by atoms with E-state index in [2.05, 4.69) is 0 Å². The van der Waals surface area contributed by atoms with Crippen molar-refractivity contribution >= 4 is 45.0 Å². The van der Waals surface area contributed by atoms with Gasteiger partial charge in [-0.1, -0.05) is 66.7 Å². The first-order valence-electron chi connectivity index (χ1n) is 13.8. The van der Waals surface area contributed by atoms with Gasteiger partial charge >= 0.3 is 5.97 Å². The van der Waals surface area contributed by atoms with Crippen LogP contribution < -0.4 is 4.90 Å². The smallest absolute Gasteiger partial charge is 0.350 e. The molecule has 3 aromatic carbocycles. The number of imide groups is 1. The van der Waals surface area contributed by atoms with Gasteiger partial charge in [-0.15, -0.1) is 11.3 Å². The van der Waals surface area contributed by atoms with E-state index >= 15 is 0 Å². The fourth-order valence-corrected chi connectivity index (χ4v) is 6.56. The van der Waals surface area contributed by atoms with E-state index in [1.165, 1.54) is 11.3 Å². The van der Waals surface area contributed by atoms with Crippen molar-refractivity contribution in [3.8, 4) is 11.3 Å². The van der Waals surface area contributed by atoms with Crippen LogP contribution in [-0.2, 0) is 17.6 Å². The third-order valence-electron chi connectivity index (χ3n) is 7.31. The number of rotatable bonds is 6. The number of nitrogens with zero attached hydrogens (tertiary/aromatic N) is 2. The second-order valence-electron chi connectivity index (χ2n) is 9.85. The summed E-state index contributed by atoms with van der Waals surface area (Å²) in [7, 11) is 0. The number of aromatic nitrogens is 1. The summed E-state index contributed by atoms with van der Waals surface area (Å²) in [6.07, 6.45) is 3.56. The summed E-state index contributed by atoms with van der Waals surface area (Å²) in [6, 6.07) is 27.4. The molecule has 0 spiro atoms. The van der Waals surface area contributed by atoms with Gasteiger partial charge in [-0.25, -0.2) is 14.7 Å². The lowest BCUT2D eigenvalue weighted by Crippen LogP contribution is -2.38. The van der Waals surface area contributed by atoms with E-state index in [4.69, 9.17) is 9.72 Å². The lowest BCUT2D eigenvalue weighted by molar-refractivity contribution is 0.0533. The van der Waals surface area contributed by atoms with Gasteiger partial charge in [-0.05, 0) is 68.0 Å². The maximum absolute atomic E-state index is 14.2. The summed E-state index contributed by atoms with van der Waals surface area (Å²) in [6.45, 7) is 1.90. The predicted molar refractivity (Wildman–Crippen MR) is 162 cm³/mol. The fourth-order valence-electron chi connectivity index (χ4n) is 5.47. The van der Waals surface area contributed by atoms with Crippen LogP contribution in [0, 0.1) is 0 Å². The second-order valence-corrected chi connectivity index (χ2v) is 10.8. The van der Waals surface area contributed by atoms with Gasteiger partial charge in [0.1, 0.15) is 9.71 Å². The van der Waals surface area contributed by atoms with Gasteiger partial charge in [0, 0.05) is 22.1 Å². The highest BCUT2D eigenvalue weighted by molar-refractivity contribution is 7.21. The number of fused-ring (bicyclic) bond motifs is 3. The van der Waals surface area contributed by atoms with E-state index in [1.54, 1.807) is 55.5 Å². The number of anilines is 1. The summed E-state index contributed by atoms with van der Waals surface area (Å²) in [5.41, 5.74) is 4.96. The monoisotopic (exact) mass is 560 g/mol. The summed E-state index contributed by atoms with van der Waals surface area (Å²) in [5, 5.41) is 0.681. The molecule has 1 aliphatic rings. The molecule has 0 fully saturated rings. The Morgan fingerprint density at radius 1 is 0.780 bits per heavy atom. The summed E-state index contributed by atoms with van der Waals surface area (Å²) >= 11 is 1.18. The zero-order valence-corrected chi connectivity index (χ0v) is 23.4. The molecule has 0 N–H and O–H groups in total. The Balaban J connectivity index is 1.68. The fraction of sp³-hybridized carbons (Fsp3) is 0.176. The number of hydrogen-bond donors (Lipinski definition) is 0. The van der Waals surface area contributed by atoms with E-state index < -0.39 is 17.8 Å². The Bertz CT molecular complexity index is 1700. The molecule has 6 nitrogen and oxygen atoms in total. The van der Waals surface area contributed by atoms with Crippen molar-refractivity contribution in [1.29, 1.82) is 0 Å². The molecular formula is C34H28N2O4S. The van der Waals surface area contributed by atoms with Crippen molar-refractivity contribution in [3.63, 3.8) is 0 Å². The Labute approximate surface area is 242 Å². The average molecular weight is 561 g/mol. The van der Waals surface area contributed by atoms with Gasteiger partial charge in [0.25, 0.3) is 11.8 Å². The molecule has 5 aromatic rings. The molecule has 204 valence electrons. The van der Waals surface area contributed by atoms with Crippen LogP contribution in [0.2, 0.25) is 0 Å². The van der Waals surface area contributed by atoms with Crippen LogP contribution in [0.15, 0.2) is 91.0 Å². The molecule has 0 saturated heterocycles. The molecule has 2 heterocycles. The van der Waals surface area contributed by atoms with Crippen molar-refractivity contribution in [2.24, 2.45) is 0 Å². The Kier molecular flexibility index (Phi) is 7.44. The zero-order chi connectivity index (χ0) is 28.3. The minimum absolute atomic E-state index is 0.159. The quantitative estimate of drug-likeness (QED) is 0.159. The minimum atomic E-state index is -0.581. The van der Waals surface area contributed by atoms with Gasteiger partial charge in [0.05, 0.1) is 18.0 Å². The number of hydrogen-bond acceptors (Lipinski definition) is 6. The molecule has 0 radical (unpaired) electrons. The number of pyridine rings is 1. The molecule has 0 aliphatic heterocycles. The maximum atomic E-state index is 14.2. The van der Waals surface area contributed by atoms with Crippen molar-refractivity contribution in [2.45, 2.75) is 32.6 Å². The first kappa shape index (κ1) is 26.6. The van der Waals surface area contributed by atoms with E-state index in [1.807, 2.05) is 42.5 Å². The maximum Gasteiger partial charge on any atom is 0.350 e. The van der Waals surface area contributed by atoms with Crippen LogP contribution in [-0.4, -0.2) is 29.4 Å². The highest BCUT2D eigenvalue weighted by Gasteiger charge is 2.36. The van der Waals surface area contributed by atoms with Gasteiger partial charge < -0.3 is 4.74 Å². The largest absolute Gasteiger partial charge is 0.462 e. The molecule has 41 heavy (non-hydrogen) atoms. The van der Waals surface area contributed by atoms with E-state index in [0.717, 1.165) is 53.0 Å². The molecule has 1 aliphatic carbocycles.